The molecule has 2 heteroatoms. The van der Waals surface area contributed by atoms with Crippen LogP contribution in [-0.4, -0.2) is 4.57 Å². The highest BCUT2D eigenvalue weighted by Crippen LogP contribution is 2.48. The summed E-state index contributed by atoms with van der Waals surface area (Å²) in [6.45, 7) is 41.8. The van der Waals surface area contributed by atoms with Gasteiger partial charge in [0.2, 0.25) is 0 Å². The molecule has 0 amide bonds. The first-order chi connectivity index (χ1) is 36.4. The summed E-state index contributed by atoms with van der Waals surface area (Å²) >= 11 is 0. The number of anilines is 3. The van der Waals surface area contributed by atoms with Crippen LogP contribution in [0.2, 0.25) is 0 Å². The van der Waals surface area contributed by atoms with Crippen LogP contribution in [0.25, 0.3) is 82.1 Å². The average molecular weight is 1020 g/mol. The summed E-state index contributed by atoms with van der Waals surface area (Å²) in [5.41, 5.74) is 20.1. The molecule has 1 heterocycles. The monoisotopic (exact) mass is 1020 g/mol. The molecule has 0 atom stereocenters. The van der Waals surface area contributed by atoms with E-state index in [1.54, 1.807) is 0 Å². The third-order valence-electron chi connectivity index (χ3n) is 16.9. The number of aromatic nitrogens is 1. The summed E-state index contributed by atoms with van der Waals surface area (Å²) in [5, 5.41) is 10.2. The van der Waals surface area contributed by atoms with Gasteiger partial charge in [-0.3, -0.25) is 0 Å². The van der Waals surface area contributed by atoms with Crippen LogP contribution in [-0.2, 0) is 32.5 Å². The maximum atomic E-state index is 2.54. The Hall–Kier alpha value is -7.16. The fourth-order valence-corrected chi connectivity index (χ4v) is 11.9. The summed E-state index contributed by atoms with van der Waals surface area (Å²) in [6.07, 6.45) is 0. The smallest absolute Gasteiger partial charge is 0.0541 e. The number of hydrogen-bond donors (Lipinski definition) is 0. The minimum absolute atomic E-state index is 0.0129. The third-order valence-corrected chi connectivity index (χ3v) is 16.9. The highest BCUT2D eigenvalue weighted by atomic mass is 15.1. The Morgan fingerprint density at radius 2 is 0.756 bits per heavy atom. The molecule has 0 aliphatic carbocycles. The molecule has 2 nitrogen and oxygen atoms in total. The van der Waals surface area contributed by atoms with Gasteiger partial charge < -0.3 is 9.47 Å². The molecule has 0 radical (unpaired) electrons. The number of nitrogens with zero attached hydrogens (tertiary/aromatic N) is 2. The largest absolute Gasteiger partial charge is 0.310 e. The Morgan fingerprint density at radius 3 is 1.29 bits per heavy atom. The summed E-state index contributed by atoms with van der Waals surface area (Å²) in [5.74, 6) is 0. The minimum atomic E-state index is -0.0226. The zero-order valence-electron chi connectivity index (χ0n) is 50.1. The topological polar surface area (TPSA) is 8.17 Å². The summed E-state index contributed by atoms with van der Waals surface area (Å²) in [4.78, 5) is 2.51. The SMILES string of the molecule is CC(C)(C)c1ccc(N(c2cccc(-c3ccc(C(C)(C)C)cc3-c3cc(C(C)(C)C)cc(C(C)(C)C)c3)c2)c2ccc3ccc4c(-n5c6ccc(C(C)(C)C)cc6c6cc(C(C)(C)C)ccc65)ccc5ccc2c3c54)cc1. The molecule has 0 spiro atoms. The normalized spacial score (nSPS) is 13.3. The predicted octanol–water partition coefficient (Wildman–Crippen LogP) is 22.3. The molecule has 396 valence electrons. The lowest BCUT2D eigenvalue weighted by molar-refractivity contribution is 0.569. The highest BCUT2D eigenvalue weighted by Gasteiger charge is 2.27. The zero-order chi connectivity index (χ0) is 55.8. The Morgan fingerprint density at radius 1 is 0.295 bits per heavy atom. The molecule has 0 unspecified atom stereocenters. The van der Waals surface area contributed by atoms with Gasteiger partial charge >= 0.3 is 0 Å². The van der Waals surface area contributed by atoms with E-state index in [9.17, 15) is 0 Å². The molecule has 0 bridgehead atoms. The molecule has 0 aliphatic heterocycles. The molecule has 0 saturated heterocycles. The molecule has 78 heavy (non-hydrogen) atoms. The van der Waals surface area contributed by atoms with E-state index in [2.05, 4.69) is 304 Å². The van der Waals surface area contributed by atoms with Crippen molar-refractivity contribution in [3.8, 4) is 27.9 Å². The van der Waals surface area contributed by atoms with Crippen LogP contribution >= 0.6 is 0 Å². The molecule has 0 aliphatic rings. The van der Waals surface area contributed by atoms with Crippen molar-refractivity contribution in [1.29, 1.82) is 0 Å². The van der Waals surface area contributed by atoms with E-state index >= 15 is 0 Å². The Kier molecular flexibility index (Phi) is 12.3. The molecule has 0 fully saturated rings. The molecule has 11 aromatic rings. The Labute approximate surface area is 466 Å². The summed E-state index contributed by atoms with van der Waals surface area (Å²) in [7, 11) is 0. The van der Waals surface area contributed by atoms with Crippen LogP contribution in [0.15, 0.2) is 170 Å². The lowest BCUT2D eigenvalue weighted by Gasteiger charge is -2.29. The van der Waals surface area contributed by atoms with Crippen molar-refractivity contribution in [1.82, 2.24) is 4.57 Å². The van der Waals surface area contributed by atoms with Crippen molar-refractivity contribution in [3.05, 3.63) is 203 Å². The van der Waals surface area contributed by atoms with Crippen LogP contribution in [0.1, 0.15) is 158 Å². The molecule has 0 saturated carbocycles. The van der Waals surface area contributed by atoms with Gasteiger partial charge in [0.1, 0.15) is 0 Å². The minimum Gasteiger partial charge on any atom is -0.310 e. The third kappa shape index (κ3) is 9.37. The summed E-state index contributed by atoms with van der Waals surface area (Å²) in [6, 6.07) is 66.4. The van der Waals surface area contributed by atoms with Gasteiger partial charge in [-0.15, -0.1) is 0 Å². The van der Waals surface area contributed by atoms with Gasteiger partial charge in [0.25, 0.3) is 0 Å². The number of hydrogen-bond acceptors (Lipinski definition) is 1. The highest BCUT2D eigenvalue weighted by molar-refractivity contribution is 6.27. The van der Waals surface area contributed by atoms with Gasteiger partial charge in [-0.05, 0) is 170 Å². The van der Waals surface area contributed by atoms with E-state index in [1.807, 2.05) is 0 Å². The van der Waals surface area contributed by atoms with Crippen LogP contribution in [0.3, 0.4) is 0 Å². The van der Waals surface area contributed by atoms with Crippen molar-refractivity contribution < 1.29 is 0 Å². The van der Waals surface area contributed by atoms with Crippen molar-refractivity contribution >= 4 is 71.2 Å². The van der Waals surface area contributed by atoms with E-state index in [1.165, 1.54) is 115 Å². The van der Waals surface area contributed by atoms with Gasteiger partial charge in [-0.1, -0.05) is 234 Å². The molecule has 10 aromatic carbocycles. The Balaban J connectivity index is 1.14. The van der Waals surface area contributed by atoms with E-state index < -0.39 is 0 Å². The molecular formula is C76H82N2. The van der Waals surface area contributed by atoms with Gasteiger partial charge in [0.15, 0.2) is 0 Å². The maximum Gasteiger partial charge on any atom is 0.0541 e. The molecule has 11 rings (SSSR count). The van der Waals surface area contributed by atoms with E-state index in [0.29, 0.717) is 0 Å². The zero-order valence-corrected chi connectivity index (χ0v) is 50.1. The maximum absolute atomic E-state index is 2.54. The van der Waals surface area contributed by atoms with Gasteiger partial charge in [0, 0.05) is 32.9 Å². The first-order valence-corrected chi connectivity index (χ1v) is 28.6. The number of fused-ring (bicyclic) bond motifs is 3. The van der Waals surface area contributed by atoms with Crippen molar-refractivity contribution in [2.24, 2.45) is 0 Å². The second-order valence-corrected chi connectivity index (χ2v) is 28.9. The van der Waals surface area contributed by atoms with Gasteiger partial charge in [0.05, 0.1) is 22.4 Å². The molecular weight excluding hydrogens is 941 g/mol. The summed E-state index contributed by atoms with van der Waals surface area (Å²) < 4.78 is 2.54. The second kappa shape index (κ2) is 18.2. The lowest BCUT2D eigenvalue weighted by atomic mass is 9.77. The van der Waals surface area contributed by atoms with Crippen LogP contribution in [0.4, 0.5) is 17.1 Å². The quantitative estimate of drug-likeness (QED) is 0.151. The predicted molar refractivity (Wildman–Crippen MR) is 342 cm³/mol. The van der Waals surface area contributed by atoms with Crippen molar-refractivity contribution in [2.75, 3.05) is 4.90 Å². The number of benzene rings is 10. The van der Waals surface area contributed by atoms with Crippen molar-refractivity contribution in [2.45, 2.75) is 157 Å². The fourth-order valence-electron chi connectivity index (χ4n) is 11.9. The van der Waals surface area contributed by atoms with E-state index in [-0.39, 0.29) is 32.5 Å². The molecule has 0 N–H and O–H groups in total. The van der Waals surface area contributed by atoms with Crippen LogP contribution < -0.4 is 4.90 Å². The molecule has 1 aromatic heterocycles. The second-order valence-electron chi connectivity index (χ2n) is 28.9. The average Bonchev–Trinajstić information content (AvgIpc) is 3.90. The van der Waals surface area contributed by atoms with Gasteiger partial charge in [-0.25, -0.2) is 0 Å². The van der Waals surface area contributed by atoms with E-state index in [4.69, 9.17) is 0 Å². The first kappa shape index (κ1) is 52.9. The first-order valence-electron chi connectivity index (χ1n) is 28.6. The van der Waals surface area contributed by atoms with E-state index in [0.717, 1.165) is 17.1 Å². The Bertz CT molecular complexity index is 4010. The van der Waals surface area contributed by atoms with Crippen LogP contribution in [0, 0.1) is 0 Å². The lowest BCUT2D eigenvalue weighted by Crippen LogP contribution is -2.16. The van der Waals surface area contributed by atoms with Crippen molar-refractivity contribution in [3.63, 3.8) is 0 Å². The standard InChI is InChI=1S/C76H82N2/c1-71(2,3)51-26-31-57(32-27-51)77(58-21-19-20-49(42-58)59-35-28-52(72(4,5)6)44-62(59)50-40-55(75(13,14)15)43-56(41-50)76(16,17)18)65-36-24-47-23-34-61-66(37-25-48-22-33-60(65)69(47)70(48)61)78-67-38-29-53(73(7,8)9)45-63(67)64-46-54(74(10,11)12)30-39-68(64)78/h19-46H,1-18H3. The van der Waals surface area contributed by atoms with Gasteiger partial charge in [-0.2, -0.15) is 0 Å². The van der Waals surface area contributed by atoms with Crippen LogP contribution in [0.5, 0.6) is 0 Å². The number of rotatable bonds is 6. The fraction of sp³-hybridized carbons (Fsp3) is 0.316.